The topological polar surface area (TPSA) is 82.3 Å². The Labute approximate surface area is 153 Å². The SMILES string of the molecule is Cn1cnc(S(=O)(=O)N2Cc3ccnn3C(COCC3CCCC3)C2)c1. The molecule has 1 atom stereocenters. The zero-order valence-electron chi connectivity index (χ0n) is 15.0. The second-order valence-electron chi connectivity index (χ2n) is 7.28. The molecule has 0 N–H and O–H groups in total. The fourth-order valence-corrected chi connectivity index (χ4v) is 5.28. The van der Waals surface area contributed by atoms with Gasteiger partial charge in [-0.2, -0.15) is 9.40 Å². The Hall–Kier alpha value is -1.71. The molecule has 0 amide bonds. The van der Waals surface area contributed by atoms with Crippen molar-refractivity contribution >= 4 is 10.0 Å². The van der Waals surface area contributed by atoms with Gasteiger partial charge in [-0.25, -0.2) is 13.4 Å². The fraction of sp³-hybridized carbons (Fsp3) is 0.647. The molecule has 1 fully saturated rings. The number of ether oxygens (including phenoxy) is 1. The molecule has 2 aliphatic rings. The third-order valence-corrected chi connectivity index (χ3v) is 6.97. The lowest BCUT2D eigenvalue weighted by Gasteiger charge is -2.32. The van der Waals surface area contributed by atoms with Crippen molar-refractivity contribution in [1.29, 1.82) is 0 Å². The van der Waals surface area contributed by atoms with Crippen LogP contribution in [0.3, 0.4) is 0 Å². The monoisotopic (exact) mass is 379 g/mol. The number of aryl methyl sites for hydroxylation is 1. The van der Waals surface area contributed by atoms with Crippen LogP contribution in [-0.4, -0.2) is 51.8 Å². The van der Waals surface area contributed by atoms with Crippen LogP contribution in [0.4, 0.5) is 0 Å². The summed E-state index contributed by atoms with van der Waals surface area (Å²) in [4.78, 5) is 4.03. The van der Waals surface area contributed by atoms with Crippen LogP contribution in [0, 0.1) is 5.92 Å². The van der Waals surface area contributed by atoms with Gasteiger partial charge in [-0.15, -0.1) is 0 Å². The Bertz CT molecular complexity index is 853. The van der Waals surface area contributed by atoms with Crippen molar-refractivity contribution in [2.75, 3.05) is 19.8 Å². The van der Waals surface area contributed by atoms with Crippen LogP contribution in [0.5, 0.6) is 0 Å². The van der Waals surface area contributed by atoms with Gasteiger partial charge in [0.2, 0.25) is 0 Å². The second kappa shape index (κ2) is 7.13. The summed E-state index contributed by atoms with van der Waals surface area (Å²) in [6.07, 6.45) is 9.80. The lowest BCUT2D eigenvalue weighted by molar-refractivity contribution is 0.0593. The van der Waals surface area contributed by atoms with E-state index in [0.29, 0.717) is 25.6 Å². The first-order valence-corrected chi connectivity index (χ1v) is 10.6. The summed E-state index contributed by atoms with van der Waals surface area (Å²) in [6.45, 7) is 1.87. The first-order valence-electron chi connectivity index (χ1n) is 9.12. The second-order valence-corrected chi connectivity index (χ2v) is 9.17. The smallest absolute Gasteiger partial charge is 0.262 e. The van der Waals surface area contributed by atoms with E-state index in [1.54, 1.807) is 17.8 Å². The average molecular weight is 379 g/mol. The van der Waals surface area contributed by atoms with Crippen molar-refractivity contribution in [3.8, 4) is 0 Å². The van der Waals surface area contributed by atoms with E-state index < -0.39 is 10.0 Å². The minimum Gasteiger partial charge on any atom is -0.379 e. The largest absolute Gasteiger partial charge is 0.379 e. The molecule has 1 aliphatic carbocycles. The third-order valence-electron chi connectivity index (χ3n) is 5.27. The molecule has 1 aliphatic heterocycles. The van der Waals surface area contributed by atoms with Crippen molar-refractivity contribution in [1.82, 2.24) is 23.6 Å². The lowest BCUT2D eigenvalue weighted by atomic mass is 10.1. The summed E-state index contributed by atoms with van der Waals surface area (Å²) in [7, 11) is -1.87. The summed E-state index contributed by atoms with van der Waals surface area (Å²) in [6, 6.07) is 1.75. The standard InChI is InChI=1S/C17H25N5O3S/c1-20-10-17(18-13-20)26(23,24)21-8-15-6-7-19-22(15)16(9-21)12-25-11-14-4-2-3-5-14/h6-7,10,13-14,16H,2-5,8-9,11-12H2,1H3. The van der Waals surface area contributed by atoms with Crippen molar-refractivity contribution in [2.45, 2.75) is 43.3 Å². The maximum Gasteiger partial charge on any atom is 0.262 e. The molecule has 1 saturated carbocycles. The molecule has 2 aromatic heterocycles. The highest BCUT2D eigenvalue weighted by Gasteiger charge is 2.35. The van der Waals surface area contributed by atoms with Crippen molar-refractivity contribution in [3.63, 3.8) is 0 Å². The number of aromatic nitrogens is 4. The van der Waals surface area contributed by atoms with E-state index in [2.05, 4.69) is 10.1 Å². The van der Waals surface area contributed by atoms with Crippen molar-refractivity contribution in [2.24, 2.45) is 13.0 Å². The highest BCUT2D eigenvalue weighted by atomic mass is 32.2. The normalized spacial score (nSPS) is 22.0. The number of rotatable bonds is 6. The van der Waals surface area contributed by atoms with Crippen LogP contribution in [0.15, 0.2) is 29.8 Å². The van der Waals surface area contributed by atoms with Gasteiger partial charge in [0, 0.05) is 32.6 Å². The lowest BCUT2D eigenvalue weighted by Crippen LogP contribution is -2.43. The first kappa shape index (κ1) is 17.7. The molecule has 0 aromatic carbocycles. The zero-order chi connectivity index (χ0) is 18.1. The Morgan fingerprint density at radius 1 is 1.27 bits per heavy atom. The molecular weight excluding hydrogens is 354 g/mol. The van der Waals surface area contributed by atoms with E-state index in [9.17, 15) is 8.42 Å². The van der Waals surface area contributed by atoms with Crippen LogP contribution < -0.4 is 0 Å². The van der Waals surface area contributed by atoms with Crippen LogP contribution >= 0.6 is 0 Å². The summed E-state index contributed by atoms with van der Waals surface area (Å²) in [5.74, 6) is 0.643. The summed E-state index contributed by atoms with van der Waals surface area (Å²) >= 11 is 0. The molecule has 2 aromatic rings. The molecule has 0 spiro atoms. The minimum absolute atomic E-state index is 0.0820. The van der Waals surface area contributed by atoms with E-state index >= 15 is 0 Å². The molecule has 3 heterocycles. The van der Waals surface area contributed by atoms with E-state index in [1.165, 1.54) is 42.5 Å². The molecule has 0 bridgehead atoms. The van der Waals surface area contributed by atoms with Crippen LogP contribution in [0.2, 0.25) is 0 Å². The predicted molar refractivity (Wildman–Crippen MR) is 94.8 cm³/mol. The maximum absolute atomic E-state index is 12.9. The van der Waals surface area contributed by atoms with Crippen molar-refractivity contribution < 1.29 is 13.2 Å². The maximum atomic E-state index is 12.9. The number of hydrogen-bond donors (Lipinski definition) is 0. The Morgan fingerprint density at radius 2 is 2.08 bits per heavy atom. The van der Waals surface area contributed by atoms with Gasteiger partial charge in [-0.3, -0.25) is 4.68 Å². The number of imidazole rings is 1. The zero-order valence-corrected chi connectivity index (χ0v) is 15.8. The molecule has 142 valence electrons. The molecule has 8 nitrogen and oxygen atoms in total. The molecule has 0 saturated heterocycles. The number of nitrogens with zero attached hydrogens (tertiary/aromatic N) is 5. The average Bonchev–Trinajstić information content (AvgIpc) is 3.35. The Kier molecular flexibility index (Phi) is 4.85. The summed E-state index contributed by atoms with van der Waals surface area (Å²) < 4.78 is 36.9. The van der Waals surface area contributed by atoms with Gasteiger partial charge in [-0.1, -0.05) is 12.8 Å². The van der Waals surface area contributed by atoms with Crippen LogP contribution in [0.25, 0.3) is 0 Å². The third kappa shape index (κ3) is 3.43. The van der Waals surface area contributed by atoms with Crippen LogP contribution in [0.1, 0.15) is 37.4 Å². The molecule has 9 heteroatoms. The molecule has 1 unspecified atom stereocenters. The van der Waals surface area contributed by atoms with E-state index in [0.717, 1.165) is 12.3 Å². The first-order chi connectivity index (χ1) is 12.5. The van der Waals surface area contributed by atoms with E-state index in [-0.39, 0.29) is 11.1 Å². The molecular formula is C17H25N5O3S. The van der Waals surface area contributed by atoms with E-state index in [4.69, 9.17) is 4.74 Å². The van der Waals surface area contributed by atoms with Gasteiger partial charge in [0.25, 0.3) is 10.0 Å². The number of hydrogen-bond acceptors (Lipinski definition) is 5. The number of sulfonamides is 1. The predicted octanol–water partition coefficient (Wildman–Crippen LogP) is 1.57. The molecule has 4 rings (SSSR count). The highest BCUT2D eigenvalue weighted by Crippen LogP contribution is 2.28. The Balaban J connectivity index is 1.48. The van der Waals surface area contributed by atoms with E-state index in [1.807, 2.05) is 10.7 Å². The summed E-state index contributed by atoms with van der Waals surface area (Å²) in [5.41, 5.74) is 0.880. The van der Waals surface area contributed by atoms with Crippen LogP contribution in [-0.2, 0) is 28.4 Å². The van der Waals surface area contributed by atoms with Gasteiger partial charge in [0.15, 0.2) is 5.03 Å². The molecule has 0 radical (unpaired) electrons. The van der Waals surface area contributed by atoms with Gasteiger partial charge in [-0.05, 0) is 24.8 Å². The number of fused-ring (bicyclic) bond motifs is 1. The fourth-order valence-electron chi connectivity index (χ4n) is 3.86. The van der Waals surface area contributed by atoms with Gasteiger partial charge >= 0.3 is 0 Å². The molecule has 26 heavy (non-hydrogen) atoms. The van der Waals surface area contributed by atoms with Crippen molar-refractivity contribution in [3.05, 3.63) is 30.5 Å². The summed E-state index contributed by atoms with van der Waals surface area (Å²) in [5, 5.41) is 4.46. The van der Waals surface area contributed by atoms with Gasteiger partial charge < -0.3 is 9.30 Å². The van der Waals surface area contributed by atoms with Gasteiger partial charge in [0.1, 0.15) is 0 Å². The van der Waals surface area contributed by atoms with Gasteiger partial charge in [0.05, 0.1) is 31.2 Å². The highest BCUT2D eigenvalue weighted by molar-refractivity contribution is 7.89. The quantitative estimate of drug-likeness (QED) is 0.761. The minimum atomic E-state index is -3.63. The Morgan fingerprint density at radius 3 is 2.81 bits per heavy atom.